The Balaban J connectivity index is 4.61. The van der Waals surface area contributed by atoms with Crippen LogP contribution in [0.1, 0.15) is 20.8 Å². The van der Waals surface area contributed by atoms with Crippen molar-refractivity contribution >= 4 is 22.2 Å². The summed E-state index contributed by atoms with van der Waals surface area (Å²) in [6.07, 6.45) is -0.0468. The van der Waals surface area contributed by atoms with E-state index in [4.69, 9.17) is 4.74 Å². The van der Waals surface area contributed by atoms with Crippen LogP contribution in [0.5, 0.6) is 0 Å². The number of alkyl carbamates (subject to hydrolysis) is 1. The van der Waals surface area contributed by atoms with Crippen LogP contribution >= 0.6 is 0 Å². The largest absolute Gasteiger partial charge is 0.467 e. The normalized spacial score (nSPS) is 13.5. The molecule has 0 radical (unpaired) electrons. The van der Waals surface area contributed by atoms with Gasteiger partial charge in [0, 0.05) is 0 Å². The summed E-state index contributed by atoms with van der Waals surface area (Å²) < 4.78 is 35.5. The quantitative estimate of drug-likeness (QED) is 0.563. The average molecular weight is 297 g/mol. The van der Waals surface area contributed by atoms with Gasteiger partial charge in [-0.1, -0.05) is 0 Å². The second-order valence-corrected chi connectivity index (χ2v) is 6.35. The van der Waals surface area contributed by atoms with Crippen molar-refractivity contribution in [2.75, 3.05) is 20.0 Å². The Hall–Kier alpha value is -1.35. The number of methoxy groups -OCH3 is 1. The van der Waals surface area contributed by atoms with Crippen LogP contribution in [0, 0.1) is 0 Å². The summed E-state index contributed by atoms with van der Waals surface area (Å²) in [5.74, 6) is -0.838. The standard InChI is InChI=1S/C10H19NO7S/c1-10(2,3)18-9(13)11-7(8(12)16-4)6-17-19(5,14)15/h7H,6H2,1-5H3,(H,11,13). The van der Waals surface area contributed by atoms with E-state index < -0.39 is 40.4 Å². The highest BCUT2D eigenvalue weighted by molar-refractivity contribution is 7.85. The van der Waals surface area contributed by atoms with Gasteiger partial charge in [0.05, 0.1) is 20.0 Å². The van der Waals surface area contributed by atoms with Crippen LogP contribution in [-0.2, 0) is 28.6 Å². The van der Waals surface area contributed by atoms with E-state index in [0.29, 0.717) is 0 Å². The molecule has 1 atom stereocenters. The van der Waals surface area contributed by atoms with Crippen LogP contribution in [0.25, 0.3) is 0 Å². The highest BCUT2D eigenvalue weighted by Crippen LogP contribution is 2.07. The molecule has 0 aromatic heterocycles. The van der Waals surface area contributed by atoms with E-state index in [1.807, 2.05) is 0 Å². The summed E-state index contributed by atoms with van der Waals surface area (Å²) in [6.45, 7) is 4.37. The van der Waals surface area contributed by atoms with E-state index in [2.05, 4.69) is 14.2 Å². The fraction of sp³-hybridized carbons (Fsp3) is 0.800. The molecule has 0 aromatic rings. The number of amides is 1. The van der Waals surface area contributed by atoms with Gasteiger partial charge >= 0.3 is 12.1 Å². The predicted molar refractivity (Wildman–Crippen MR) is 66.0 cm³/mol. The molecule has 9 heteroatoms. The first-order valence-electron chi connectivity index (χ1n) is 5.36. The number of ether oxygens (including phenoxy) is 2. The van der Waals surface area contributed by atoms with Gasteiger partial charge in [0.2, 0.25) is 0 Å². The van der Waals surface area contributed by atoms with Crippen LogP contribution < -0.4 is 5.32 Å². The summed E-state index contributed by atoms with van der Waals surface area (Å²) in [7, 11) is -2.63. The summed E-state index contributed by atoms with van der Waals surface area (Å²) in [5, 5.41) is 2.17. The number of carbonyl (C=O) groups is 2. The maximum absolute atomic E-state index is 11.5. The zero-order valence-corrected chi connectivity index (χ0v) is 12.4. The molecule has 0 saturated heterocycles. The zero-order valence-electron chi connectivity index (χ0n) is 11.6. The van der Waals surface area contributed by atoms with Gasteiger partial charge in [-0.3, -0.25) is 4.18 Å². The molecule has 8 nitrogen and oxygen atoms in total. The van der Waals surface area contributed by atoms with Crippen molar-refractivity contribution in [3.8, 4) is 0 Å². The molecule has 1 N–H and O–H groups in total. The Labute approximate surface area is 112 Å². The number of esters is 1. The lowest BCUT2D eigenvalue weighted by Gasteiger charge is -2.22. The lowest BCUT2D eigenvalue weighted by Crippen LogP contribution is -2.46. The molecule has 1 amide bonds. The fourth-order valence-corrected chi connectivity index (χ4v) is 1.34. The minimum absolute atomic E-state index is 0.565. The molecule has 0 fully saturated rings. The molecule has 0 aliphatic heterocycles. The van der Waals surface area contributed by atoms with Gasteiger partial charge in [-0.2, -0.15) is 8.42 Å². The monoisotopic (exact) mass is 297 g/mol. The molecular formula is C10H19NO7S. The molecule has 0 heterocycles. The Kier molecular flexibility index (Phi) is 6.23. The van der Waals surface area contributed by atoms with Gasteiger partial charge < -0.3 is 14.8 Å². The molecule has 1 unspecified atom stereocenters. The van der Waals surface area contributed by atoms with Crippen molar-refractivity contribution in [1.29, 1.82) is 0 Å². The number of nitrogens with one attached hydrogen (secondary N) is 1. The Morgan fingerprint density at radius 2 is 1.79 bits per heavy atom. The molecule has 0 aliphatic rings. The first kappa shape index (κ1) is 17.6. The van der Waals surface area contributed by atoms with E-state index in [1.54, 1.807) is 20.8 Å². The molecular weight excluding hydrogens is 278 g/mol. The molecule has 0 aromatic carbocycles. The van der Waals surface area contributed by atoms with Gasteiger partial charge in [-0.05, 0) is 20.8 Å². The van der Waals surface area contributed by atoms with E-state index >= 15 is 0 Å². The number of rotatable bonds is 5. The topological polar surface area (TPSA) is 108 Å². The van der Waals surface area contributed by atoms with Crippen molar-refractivity contribution < 1.29 is 31.7 Å². The van der Waals surface area contributed by atoms with E-state index in [-0.39, 0.29) is 0 Å². The average Bonchev–Trinajstić information content (AvgIpc) is 2.19. The smallest absolute Gasteiger partial charge is 0.408 e. The van der Waals surface area contributed by atoms with Gasteiger partial charge in [0.15, 0.2) is 6.04 Å². The molecule has 112 valence electrons. The van der Waals surface area contributed by atoms with Gasteiger partial charge in [0.25, 0.3) is 10.1 Å². The van der Waals surface area contributed by atoms with Crippen LogP contribution in [0.4, 0.5) is 4.79 Å². The Morgan fingerprint density at radius 1 is 1.26 bits per heavy atom. The number of carbonyl (C=O) groups excluding carboxylic acids is 2. The molecule has 0 aliphatic carbocycles. The third kappa shape index (κ3) is 9.25. The van der Waals surface area contributed by atoms with Crippen molar-refractivity contribution in [1.82, 2.24) is 5.32 Å². The predicted octanol–water partition coefficient (Wildman–Crippen LogP) is 0.0289. The first-order chi connectivity index (χ1) is 8.44. The fourth-order valence-electron chi connectivity index (χ4n) is 0.952. The van der Waals surface area contributed by atoms with Crippen molar-refractivity contribution in [2.24, 2.45) is 0 Å². The SMILES string of the molecule is COC(=O)C(COS(C)(=O)=O)NC(=O)OC(C)(C)C. The third-order valence-corrected chi connectivity index (χ3v) is 2.19. The van der Waals surface area contributed by atoms with Crippen LogP contribution in [0.3, 0.4) is 0 Å². The van der Waals surface area contributed by atoms with E-state index in [1.165, 1.54) is 0 Å². The molecule has 0 spiro atoms. The van der Waals surface area contributed by atoms with Crippen molar-refractivity contribution in [2.45, 2.75) is 32.4 Å². The number of hydrogen-bond acceptors (Lipinski definition) is 7. The molecule has 0 rings (SSSR count). The van der Waals surface area contributed by atoms with E-state index in [0.717, 1.165) is 13.4 Å². The van der Waals surface area contributed by atoms with Crippen molar-refractivity contribution in [3.05, 3.63) is 0 Å². The lowest BCUT2D eigenvalue weighted by molar-refractivity contribution is -0.143. The van der Waals surface area contributed by atoms with E-state index in [9.17, 15) is 18.0 Å². The highest BCUT2D eigenvalue weighted by Gasteiger charge is 2.26. The molecule has 0 bridgehead atoms. The summed E-state index contributed by atoms with van der Waals surface area (Å²) in [5.41, 5.74) is -0.748. The third-order valence-electron chi connectivity index (χ3n) is 1.63. The number of hydrogen-bond donors (Lipinski definition) is 1. The molecule has 19 heavy (non-hydrogen) atoms. The van der Waals surface area contributed by atoms with Gasteiger partial charge in [0.1, 0.15) is 5.60 Å². The first-order valence-corrected chi connectivity index (χ1v) is 7.18. The zero-order chi connectivity index (χ0) is 15.3. The summed E-state index contributed by atoms with van der Waals surface area (Å²) in [4.78, 5) is 22.8. The van der Waals surface area contributed by atoms with Gasteiger partial charge in [-0.25, -0.2) is 9.59 Å². The minimum atomic E-state index is -3.73. The minimum Gasteiger partial charge on any atom is -0.467 e. The van der Waals surface area contributed by atoms with Crippen LogP contribution in [0.15, 0.2) is 0 Å². The summed E-state index contributed by atoms with van der Waals surface area (Å²) >= 11 is 0. The van der Waals surface area contributed by atoms with Crippen LogP contribution in [-0.4, -0.2) is 52.1 Å². The van der Waals surface area contributed by atoms with Crippen molar-refractivity contribution in [3.63, 3.8) is 0 Å². The second kappa shape index (κ2) is 6.71. The molecule has 0 saturated carbocycles. The Morgan fingerprint density at radius 3 is 2.16 bits per heavy atom. The highest BCUT2D eigenvalue weighted by atomic mass is 32.2. The maximum Gasteiger partial charge on any atom is 0.408 e. The Bertz CT molecular complexity index is 424. The van der Waals surface area contributed by atoms with Crippen LogP contribution in [0.2, 0.25) is 0 Å². The maximum atomic E-state index is 11.5. The summed E-state index contributed by atoms with van der Waals surface area (Å²) in [6, 6.07) is -1.27. The van der Waals surface area contributed by atoms with Gasteiger partial charge in [-0.15, -0.1) is 0 Å². The second-order valence-electron chi connectivity index (χ2n) is 4.71. The lowest BCUT2D eigenvalue weighted by atomic mass is 10.2.